The minimum absolute atomic E-state index is 0.0481. The van der Waals surface area contributed by atoms with Gasteiger partial charge in [0.15, 0.2) is 0 Å². The first kappa shape index (κ1) is 23.5. The van der Waals surface area contributed by atoms with Gasteiger partial charge in [0.05, 0.1) is 40.5 Å². The van der Waals surface area contributed by atoms with Crippen molar-refractivity contribution in [1.82, 2.24) is 30.1 Å². The molecule has 8 nitrogen and oxygen atoms in total. The number of amides is 1. The Morgan fingerprint density at radius 3 is 2.68 bits per heavy atom. The molecular weight excluding hydrogens is 481 g/mol. The van der Waals surface area contributed by atoms with Crippen LogP contribution in [-0.4, -0.2) is 36.0 Å². The number of nitrogens with one attached hydrogen (secondary N) is 3. The van der Waals surface area contributed by atoms with E-state index in [1.165, 1.54) is 12.1 Å². The van der Waals surface area contributed by atoms with Crippen molar-refractivity contribution in [2.24, 2.45) is 0 Å². The third-order valence-electron chi connectivity index (χ3n) is 6.36. The lowest BCUT2D eigenvalue weighted by Gasteiger charge is -2.06. The smallest absolute Gasteiger partial charge is 0.224 e. The van der Waals surface area contributed by atoms with E-state index in [0.717, 1.165) is 50.8 Å². The minimum atomic E-state index is -0.286. The summed E-state index contributed by atoms with van der Waals surface area (Å²) in [5.74, 6) is -0.334. The fourth-order valence-corrected chi connectivity index (χ4v) is 4.65. The van der Waals surface area contributed by atoms with Crippen molar-refractivity contribution in [3.8, 4) is 33.8 Å². The second-order valence-corrected chi connectivity index (χ2v) is 9.27. The Labute approximate surface area is 217 Å². The van der Waals surface area contributed by atoms with E-state index in [1.54, 1.807) is 24.8 Å². The Morgan fingerprint density at radius 2 is 1.84 bits per heavy atom. The second-order valence-electron chi connectivity index (χ2n) is 9.27. The van der Waals surface area contributed by atoms with Gasteiger partial charge >= 0.3 is 0 Å². The Kier molecular flexibility index (Phi) is 5.88. The van der Waals surface area contributed by atoms with Crippen molar-refractivity contribution < 1.29 is 9.18 Å². The van der Waals surface area contributed by atoms with Crippen LogP contribution in [0.5, 0.6) is 0 Å². The molecular formula is C29H24FN7O. The maximum Gasteiger partial charge on any atom is 0.224 e. The number of anilines is 1. The number of aromatic amines is 2. The van der Waals surface area contributed by atoms with Crippen molar-refractivity contribution in [3.05, 3.63) is 78.6 Å². The number of pyridine rings is 3. The van der Waals surface area contributed by atoms with E-state index >= 15 is 0 Å². The molecule has 1 amide bonds. The van der Waals surface area contributed by atoms with Crippen LogP contribution in [0.2, 0.25) is 0 Å². The molecule has 0 radical (unpaired) electrons. The van der Waals surface area contributed by atoms with Crippen LogP contribution in [0, 0.1) is 12.7 Å². The molecule has 0 aliphatic heterocycles. The zero-order valence-corrected chi connectivity index (χ0v) is 20.8. The van der Waals surface area contributed by atoms with E-state index in [9.17, 15) is 9.18 Å². The SMILES string of the molecule is CCCC(=O)Nc1cncc(-c2ccc3[nH]nc(-c4cc5c(-c6cc(C)cc(F)c6)cncc5[nH]4)c3n2)c1. The molecule has 38 heavy (non-hydrogen) atoms. The lowest BCUT2D eigenvalue weighted by molar-refractivity contribution is -0.116. The minimum Gasteiger partial charge on any atom is -0.352 e. The number of hydrogen-bond donors (Lipinski definition) is 3. The fraction of sp³-hybridized carbons (Fsp3) is 0.138. The van der Waals surface area contributed by atoms with Crippen molar-refractivity contribution in [2.45, 2.75) is 26.7 Å². The molecule has 6 rings (SSSR count). The average molecular weight is 506 g/mol. The molecule has 188 valence electrons. The zero-order chi connectivity index (χ0) is 26.2. The van der Waals surface area contributed by atoms with Crippen molar-refractivity contribution >= 4 is 33.5 Å². The van der Waals surface area contributed by atoms with Crippen LogP contribution in [0.15, 0.2) is 67.3 Å². The van der Waals surface area contributed by atoms with Gasteiger partial charge < -0.3 is 10.3 Å². The van der Waals surface area contributed by atoms with E-state index in [0.29, 0.717) is 29.0 Å². The molecule has 0 aliphatic rings. The maximum absolute atomic E-state index is 14.1. The molecule has 5 aromatic heterocycles. The summed E-state index contributed by atoms with van der Waals surface area (Å²) >= 11 is 0. The maximum atomic E-state index is 14.1. The molecule has 0 saturated carbocycles. The monoisotopic (exact) mass is 505 g/mol. The van der Waals surface area contributed by atoms with Crippen LogP contribution in [0.25, 0.3) is 55.7 Å². The van der Waals surface area contributed by atoms with Gasteiger partial charge in [0.2, 0.25) is 5.91 Å². The largest absolute Gasteiger partial charge is 0.352 e. The first-order valence-corrected chi connectivity index (χ1v) is 12.3. The van der Waals surface area contributed by atoms with Crippen LogP contribution in [0.3, 0.4) is 0 Å². The molecule has 0 spiro atoms. The lowest BCUT2D eigenvalue weighted by atomic mass is 10.0. The summed E-state index contributed by atoms with van der Waals surface area (Å²) < 4.78 is 14.1. The average Bonchev–Trinajstić information content (AvgIpc) is 3.52. The van der Waals surface area contributed by atoms with E-state index < -0.39 is 0 Å². The van der Waals surface area contributed by atoms with Gasteiger partial charge in [0, 0.05) is 35.3 Å². The summed E-state index contributed by atoms with van der Waals surface area (Å²) in [7, 11) is 0. The normalized spacial score (nSPS) is 11.3. The number of rotatable bonds is 6. The molecule has 5 heterocycles. The van der Waals surface area contributed by atoms with E-state index in [4.69, 9.17) is 4.98 Å². The van der Waals surface area contributed by atoms with Gasteiger partial charge in [0.25, 0.3) is 0 Å². The second kappa shape index (κ2) is 9.51. The summed E-state index contributed by atoms with van der Waals surface area (Å²) in [5, 5.41) is 11.4. The van der Waals surface area contributed by atoms with Gasteiger partial charge in [-0.3, -0.25) is 19.9 Å². The molecule has 0 fully saturated rings. The predicted molar refractivity (Wildman–Crippen MR) is 146 cm³/mol. The summed E-state index contributed by atoms with van der Waals surface area (Å²) in [6.45, 7) is 3.83. The number of H-pyrrole nitrogens is 2. The van der Waals surface area contributed by atoms with Crippen LogP contribution in [0.4, 0.5) is 10.1 Å². The number of nitrogens with zero attached hydrogens (tertiary/aromatic N) is 4. The molecule has 3 N–H and O–H groups in total. The van der Waals surface area contributed by atoms with E-state index in [-0.39, 0.29) is 11.7 Å². The summed E-state index contributed by atoms with van der Waals surface area (Å²) in [6, 6.07) is 12.6. The number of aryl methyl sites for hydroxylation is 1. The van der Waals surface area contributed by atoms with Crippen LogP contribution in [-0.2, 0) is 4.79 Å². The number of fused-ring (bicyclic) bond motifs is 2. The Morgan fingerprint density at radius 1 is 0.974 bits per heavy atom. The number of benzene rings is 1. The van der Waals surface area contributed by atoms with Gasteiger partial charge in [-0.05, 0) is 60.9 Å². The molecule has 0 unspecified atom stereocenters. The van der Waals surface area contributed by atoms with Gasteiger partial charge in [-0.2, -0.15) is 5.10 Å². The number of carbonyl (C=O) groups excluding carboxylic acids is 1. The fourth-order valence-electron chi connectivity index (χ4n) is 4.65. The van der Waals surface area contributed by atoms with Gasteiger partial charge in [-0.25, -0.2) is 9.37 Å². The molecule has 9 heteroatoms. The number of hydrogen-bond acceptors (Lipinski definition) is 5. The summed E-state index contributed by atoms with van der Waals surface area (Å²) in [5.41, 5.74) is 8.22. The number of carbonyl (C=O) groups is 1. The molecule has 0 atom stereocenters. The molecule has 0 saturated heterocycles. The highest BCUT2D eigenvalue weighted by Crippen LogP contribution is 2.34. The lowest BCUT2D eigenvalue weighted by Crippen LogP contribution is -2.10. The third-order valence-corrected chi connectivity index (χ3v) is 6.36. The highest BCUT2D eigenvalue weighted by molar-refractivity contribution is 6.00. The third kappa shape index (κ3) is 4.39. The van der Waals surface area contributed by atoms with Gasteiger partial charge in [-0.15, -0.1) is 0 Å². The molecule has 1 aromatic carbocycles. The summed E-state index contributed by atoms with van der Waals surface area (Å²) in [4.78, 5) is 29.0. The van der Waals surface area contributed by atoms with Crippen molar-refractivity contribution in [2.75, 3.05) is 5.32 Å². The van der Waals surface area contributed by atoms with Crippen molar-refractivity contribution in [1.29, 1.82) is 0 Å². The highest BCUT2D eigenvalue weighted by atomic mass is 19.1. The molecule has 0 aliphatic carbocycles. The zero-order valence-electron chi connectivity index (χ0n) is 20.8. The Balaban J connectivity index is 1.41. The molecule has 0 bridgehead atoms. The van der Waals surface area contributed by atoms with Crippen LogP contribution in [0.1, 0.15) is 25.3 Å². The van der Waals surface area contributed by atoms with Gasteiger partial charge in [-0.1, -0.05) is 13.0 Å². The quantitative estimate of drug-likeness (QED) is 0.242. The Hall–Kier alpha value is -4.92. The Bertz CT molecular complexity index is 1800. The first-order valence-electron chi connectivity index (χ1n) is 12.3. The molecule has 6 aromatic rings. The number of aromatic nitrogens is 6. The van der Waals surface area contributed by atoms with E-state index in [2.05, 4.69) is 30.5 Å². The first-order chi connectivity index (χ1) is 18.5. The standard InChI is InChI=1S/C29H24FN7O/c1-3-4-27(38)33-20-10-18(12-31-13-20)23-5-6-24-28(35-23)29(37-36-24)25-11-21-22(14-32-15-26(21)34-25)17-7-16(2)8-19(30)9-17/h5-15,34H,3-4H2,1-2H3,(H,33,38)(H,36,37). The van der Waals surface area contributed by atoms with E-state index in [1.807, 2.05) is 44.2 Å². The highest BCUT2D eigenvalue weighted by Gasteiger charge is 2.16. The van der Waals surface area contributed by atoms with Crippen LogP contribution < -0.4 is 5.32 Å². The van der Waals surface area contributed by atoms with Crippen LogP contribution >= 0.6 is 0 Å². The van der Waals surface area contributed by atoms with Gasteiger partial charge in [0.1, 0.15) is 17.0 Å². The topological polar surface area (TPSA) is 112 Å². The predicted octanol–water partition coefficient (Wildman–Crippen LogP) is 6.42. The summed E-state index contributed by atoms with van der Waals surface area (Å²) in [6.07, 6.45) is 8.04. The number of halogens is 1. The van der Waals surface area contributed by atoms with Crippen molar-refractivity contribution in [3.63, 3.8) is 0 Å².